The Balaban J connectivity index is 1.56. The van der Waals surface area contributed by atoms with Crippen molar-refractivity contribution in [2.45, 2.75) is 51.2 Å². The van der Waals surface area contributed by atoms with Crippen LogP contribution < -0.4 is 11.1 Å². The summed E-state index contributed by atoms with van der Waals surface area (Å²) in [5.74, 6) is -0.498. The third-order valence-corrected chi connectivity index (χ3v) is 7.44. The molecule has 0 spiro atoms. The number of nitrogens with two attached hydrogens (primary N) is 1. The maximum Gasteiger partial charge on any atom is 0.248 e. The monoisotopic (exact) mass is 459 g/mol. The Morgan fingerprint density at radius 1 is 1.00 bits per heavy atom. The minimum absolute atomic E-state index is 0.0242. The molecule has 3 N–H and O–H groups in total. The van der Waals surface area contributed by atoms with Crippen LogP contribution in [0.3, 0.4) is 0 Å². The van der Waals surface area contributed by atoms with Gasteiger partial charge < -0.3 is 11.1 Å². The molecule has 0 radical (unpaired) electrons. The average molecular weight is 460 g/mol. The van der Waals surface area contributed by atoms with Crippen LogP contribution in [0.2, 0.25) is 0 Å². The molecule has 2 amide bonds. The van der Waals surface area contributed by atoms with Gasteiger partial charge in [0.1, 0.15) is 6.04 Å². The van der Waals surface area contributed by atoms with Gasteiger partial charge in [0.15, 0.2) is 0 Å². The van der Waals surface area contributed by atoms with E-state index < -0.39 is 5.91 Å². The number of amides is 2. The van der Waals surface area contributed by atoms with Crippen molar-refractivity contribution >= 4 is 23.8 Å². The smallest absolute Gasteiger partial charge is 0.248 e. The zero-order chi connectivity index (χ0) is 23.5. The van der Waals surface area contributed by atoms with Crippen LogP contribution in [0.15, 0.2) is 65.6 Å². The van der Waals surface area contributed by atoms with Crippen LogP contribution >= 0.6 is 11.9 Å². The van der Waals surface area contributed by atoms with Gasteiger partial charge in [0.2, 0.25) is 11.8 Å². The third-order valence-electron chi connectivity index (χ3n) is 6.00. The lowest BCUT2D eigenvalue weighted by atomic mass is 9.95. The van der Waals surface area contributed by atoms with Crippen molar-refractivity contribution in [2.75, 3.05) is 0 Å². The number of nitrogens with zero attached hydrogens (tertiary/aromatic N) is 1. The van der Waals surface area contributed by atoms with Gasteiger partial charge in [-0.2, -0.15) is 0 Å². The second kappa shape index (κ2) is 9.81. The quantitative estimate of drug-likeness (QED) is 0.534. The maximum absolute atomic E-state index is 13.4. The lowest BCUT2D eigenvalue weighted by molar-refractivity contribution is -0.125. The van der Waals surface area contributed by atoms with E-state index in [1.54, 1.807) is 30.1 Å². The number of carbonyl (C=O) groups is 2. The molecule has 0 bridgehead atoms. The molecule has 5 nitrogen and oxygen atoms in total. The third kappa shape index (κ3) is 5.29. The predicted octanol–water partition coefficient (Wildman–Crippen LogP) is 4.46. The summed E-state index contributed by atoms with van der Waals surface area (Å²) in [7, 11) is 0. The second-order valence-corrected chi connectivity index (χ2v) is 9.73. The van der Waals surface area contributed by atoms with Crippen LogP contribution in [0.5, 0.6) is 0 Å². The Bertz CT molecular complexity index is 1180. The van der Waals surface area contributed by atoms with E-state index in [1.807, 2.05) is 12.1 Å². The van der Waals surface area contributed by atoms with E-state index in [1.165, 1.54) is 32.7 Å². The Morgan fingerprint density at radius 2 is 1.70 bits per heavy atom. The van der Waals surface area contributed by atoms with Crippen molar-refractivity contribution in [3.8, 4) is 0 Å². The summed E-state index contributed by atoms with van der Waals surface area (Å²) < 4.78 is 2.20. The van der Waals surface area contributed by atoms with Gasteiger partial charge in [-0.25, -0.2) is 4.31 Å². The lowest BCUT2D eigenvalue weighted by Crippen LogP contribution is -2.47. The number of primary amides is 1. The zero-order valence-corrected chi connectivity index (χ0v) is 20.0. The van der Waals surface area contributed by atoms with Crippen molar-refractivity contribution in [3.05, 3.63) is 99.6 Å². The fourth-order valence-corrected chi connectivity index (χ4v) is 5.53. The highest BCUT2D eigenvalue weighted by molar-refractivity contribution is 7.97. The molecule has 6 heteroatoms. The molecule has 0 saturated carbocycles. The number of benzene rings is 3. The first-order valence-corrected chi connectivity index (χ1v) is 11.8. The van der Waals surface area contributed by atoms with E-state index in [0.29, 0.717) is 25.1 Å². The first-order chi connectivity index (χ1) is 15.8. The minimum Gasteiger partial charge on any atom is -0.366 e. The molecule has 3 aromatic rings. The molecule has 0 aromatic heterocycles. The van der Waals surface area contributed by atoms with Crippen LogP contribution in [-0.2, 0) is 24.3 Å². The molecule has 0 aliphatic carbocycles. The topological polar surface area (TPSA) is 75.4 Å². The van der Waals surface area contributed by atoms with E-state index in [0.717, 1.165) is 5.56 Å². The fourth-order valence-electron chi connectivity index (χ4n) is 4.39. The van der Waals surface area contributed by atoms with Crippen LogP contribution in [-0.4, -0.2) is 22.2 Å². The number of nitrogens with one attached hydrogen (secondary N) is 1. The van der Waals surface area contributed by atoms with Crippen molar-refractivity contribution in [1.29, 1.82) is 0 Å². The number of rotatable bonds is 6. The molecule has 33 heavy (non-hydrogen) atoms. The summed E-state index contributed by atoms with van der Waals surface area (Å²) in [6, 6.07) is 19.5. The number of aryl methyl sites for hydroxylation is 3. The first kappa shape index (κ1) is 23.1. The van der Waals surface area contributed by atoms with Gasteiger partial charge in [0.05, 0.1) is 0 Å². The summed E-state index contributed by atoms with van der Waals surface area (Å²) in [6.45, 7) is 7.40. The van der Waals surface area contributed by atoms with Crippen molar-refractivity contribution in [3.63, 3.8) is 0 Å². The molecular formula is C27H29N3O2S. The molecule has 1 unspecified atom stereocenters. The summed E-state index contributed by atoms with van der Waals surface area (Å²) in [5.41, 5.74) is 12.8. The molecule has 0 fully saturated rings. The SMILES string of the molecule is Cc1cc(C)c(SN2Cc3ccccc3CC2C(=O)NCc2cccc(C(N)=O)c2)c(C)c1. The van der Waals surface area contributed by atoms with E-state index in [9.17, 15) is 9.59 Å². The Labute approximate surface area is 199 Å². The molecule has 1 heterocycles. The average Bonchev–Trinajstić information content (AvgIpc) is 2.79. The normalized spacial score (nSPS) is 15.7. The van der Waals surface area contributed by atoms with Gasteiger partial charge in [0.25, 0.3) is 0 Å². The summed E-state index contributed by atoms with van der Waals surface area (Å²) in [6.07, 6.45) is 0.653. The van der Waals surface area contributed by atoms with Gasteiger partial charge >= 0.3 is 0 Å². The number of carbonyl (C=O) groups excluding carboxylic acids is 2. The number of hydrogen-bond donors (Lipinski definition) is 2. The van der Waals surface area contributed by atoms with Crippen molar-refractivity contribution in [1.82, 2.24) is 9.62 Å². The van der Waals surface area contributed by atoms with Gasteiger partial charge in [0, 0.05) is 23.5 Å². The first-order valence-electron chi connectivity index (χ1n) is 11.1. The lowest BCUT2D eigenvalue weighted by Gasteiger charge is -2.35. The highest BCUT2D eigenvalue weighted by atomic mass is 32.2. The molecule has 1 aliphatic heterocycles. The molecule has 3 aromatic carbocycles. The Morgan fingerprint density at radius 3 is 2.39 bits per heavy atom. The molecule has 170 valence electrons. The Kier molecular flexibility index (Phi) is 6.86. The standard InChI is InChI=1S/C27H29N3O2S/c1-17-11-18(2)25(19(3)12-17)33-30-16-23-9-5-4-8-21(23)14-24(30)27(32)29-15-20-7-6-10-22(13-20)26(28)31/h4-13,24H,14-16H2,1-3H3,(H2,28,31)(H,29,32). The number of fused-ring (bicyclic) bond motifs is 1. The largest absolute Gasteiger partial charge is 0.366 e. The van der Waals surface area contributed by atoms with Gasteiger partial charge in [-0.05, 0) is 79.1 Å². The summed E-state index contributed by atoms with van der Waals surface area (Å²) in [4.78, 5) is 26.0. The maximum atomic E-state index is 13.4. The molecule has 1 aliphatic rings. The van der Waals surface area contributed by atoms with E-state index in [2.05, 4.69) is 60.7 Å². The van der Waals surface area contributed by atoms with Gasteiger partial charge in [-0.15, -0.1) is 0 Å². The van der Waals surface area contributed by atoms with Crippen LogP contribution in [0, 0.1) is 20.8 Å². The van der Waals surface area contributed by atoms with Gasteiger partial charge in [-0.3, -0.25) is 9.59 Å². The van der Waals surface area contributed by atoms with E-state index >= 15 is 0 Å². The van der Waals surface area contributed by atoms with E-state index in [4.69, 9.17) is 5.73 Å². The molecular weight excluding hydrogens is 430 g/mol. The number of hydrogen-bond acceptors (Lipinski definition) is 4. The Hall–Kier alpha value is -3.09. The molecule has 0 saturated heterocycles. The second-order valence-electron chi connectivity index (χ2n) is 8.67. The van der Waals surface area contributed by atoms with Gasteiger partial charge in [-0.1, -0.05) is 54.1 Å². The summed E-state index contributed by atoms with van der Waals surface area (Å²) in [5, 5.41) is 3.07. The minimum atomic E-state index is -0.474. The van der Waals surface area contributed by atoms with Crippen LogP contribution in [0.4, 0.5) is 0 Å². The van der Waals surface area contributed by atoms with E-state index in [-0.39, 0.29) is 11.9 Å². The molecule has 1 atom stereocenters. The van der Waals surface area contributed by atoms with Crippen molar-refractivity contribution < 1.29 is 9.59 Å². The predicted molar refractivity (Wildman–Crippen MR) is 133 cm³/mol. The summed E-state index contributed by atoms with van der Waals surface area (Å²) >= 11 is 1.67. The van der Waals surface area contributed by atoms with Crippen LogP contribution in [0.1, 0.15) is 43.7 Å². The molecule has 4 rings (SSSR count). The zero-order valence-electron chi connectivity index (χ0n) is 19.2. The fraction of sp³-hybridized carbons (Fsp3) is 0.259. The van der Waals surface area contributed by atoms with Crippen LogP contribution in [0.25, 0.3) is 0 Å². The highest BCUT2D eigenvalue weighted by Crippen LogP contribution is 2.36. The van der Waals surface area contributed by atoms with Crippen molar-refractivity contribution in [2.24, 2.45) is 5.73 Å². The highest BCUT2D eigenvalue weighted by Gasteiger charge is 2.32.